The smallest absolute Gasteiger partial charge is 0.0561 e. The summed E-state index contributed by atoms with van der Waals surface area (Å²) in [5.74, 6) is 0. The predicted molar refractivity (Wildman–Crippen MR) is 280 cm³/mol. The van der Waals surface area contributed by atoms with Crippen LogP contribution in [0.4, 0.5) is 17.1 Å². The molecule has 0 amide bonds. The highest BCUT2D eigenvalue weighted by molar-refractivity contribution is 6.11. The van der Waals surface area contributed by atoms with Crippen molar-refractivity contribution in [2.45, 2.75) is 0 Å². The van der Waals surface area contributed by atoms with Crippen molar-refractivity contribution in [3.05, 3.63) is 267 Å². The molecule has 2 heteroatoms. The monoisotopic (exact) mass is 840 g/mol. The number of benzene rings is 11. The van der Waals surface area contributed by atoms with Crippen molar-refractivity contribution in [1.82, 2.24) is 4.57 Å². The average molecular weight is 841 g/mol. The number of para-hydroxylation sites is 1. The third-order valence-corrected chi connectivity index (χ3v) is 13.0. The summed E-state index contributed by atoms with van der Waals surface area (Å²) in [5, 5.41) is 4.84. The fraction of sp³-hybridized carbons (Fsp3) is 0. The molecular formula is C64H44N2. The van der Waals surface area contributed by atoms with E-state index in [9.17, 15) is 0 Å². The summed E-state index contributed by atoms with van der Waals surface area (Å²) < 4.78 is 2.43. The molecule has 0 bridgehead atoms. The van der Waals surface area contributed by atoms with Crippen LogP contribution in [-0.4, -0.2) is 4.57 Å². The van der Waals surface area contributed by atoms with E-state index in [1.165, 1.54) is 82.7 Å². The van der Waals surface area contributed by atoms with Crippen molar-refractivity contribution >= 4 is 49.6 Å². The minimum atomic E-state index is 1.07. The second-order valence-corrected chi connectivity index (χ2v) is 16.9. The van der Waals surface area contributed by atoms with Crippen LogP contribution in [0, 0.1) is 0 Å². The Morgan fingerprint density at radius 3 is 1.39 bits per heavy atom. The Kier molecular flexibility index (Phi) is 9.89. The molecule has 0 unspecified atom stereocenters. The number of hydrogen-bond acceptors (Lipinski definition) is 1. The maximum Gasteiger partial charge on any atom is 0.0561 e. The Morgan fingerprint density at radius 1 is 0.273 bits per heavy atom. The van der Waals surface area contributed by atoms with Crippen LogP contribution in [0.25, 0.3) is 93.9 Å². The van der Waals surface area contributed by atoms with E-state index >= 15 is 0 Å². The van der Waals surface area contributed by atoms with E-state index in [2.05, 4.69) is 276 Å². The van der Waals surface area contributed by atoms with Gasteiger partial charge in [-0.05, 0) is 109 Å². The summed E-state index contributed by atoms with van der Waals surface area (Å²) in [6.07, 6.45) is 0. The Bertz CT molecular complexity index is 3650. The minimum absolute atomic E-state index is 1.07. The van der Waals surface area contributed by atoms with E-state index in [0.29, 0.717) is 0 Å². The standard InChI is InChI=1S/C64H44N2/c1-5-17-45(18-6-1)46-29-31-47(32-30-46)48-33-36-53(37-34-48)66-61-28-16-15-27-58(61)59-41-39-55(44-63(59)66)65(62-42-35-51-23-13-14-26-57(51)64(62)52-24-11-4-12-25-52)54-38-40-56(49-19-7-2-8-20-49)60(43-54)50-21-9-3-10-22-50/h1-44H. The summed E-state index contributed by atoms with van der Waals surface area (Å²) in [5.41, 5.74) is 18.6. The van der Waals surface area contributed by atoms with Crippen molar-refractivity contribution in [2.75, 3.05) is 4.90 Å². The van der Waals surface area contributed by atoms with Crippen LogP contribution >= 0.6 is 0 Å². The molecule has 12 aromatic rings. The maximum absolute atomic E-state index is 2.47. The average Bonchev–Trinajstić information content (AvgIpc) is 3.73. The molecule has 0 saturated heterocycles. The molecule has 0 fully saturated rings. The van der Waals surface area contributed by atoms with Crippen molar-refractivity contribution in [2.24, 2.45) is 0 Å². The molecule has 310 valence electrons. The molecule has 0 aliphatic rings. The van der Waals surface area contributed by atoms with Gasteiger partial charge in [-0.3, -0.25) is 0 Å². The molecule has 2 nitrogen and oxygen atoms in total. The first-order chi connectivity index (χ1) is 32.7. The molecule has 11 aromatic carbocycles. The number of fused-ring (bicyclic) bond motifs is 4. The molecule has 1 aromatic heterocycles. The summed E-state index contributed by atoms with van der Waals surface area (Å²) in [6.45, 7) is 0. The number of anilines is 3. The quantitative estimate of drug-likeness (QED) is 0.141. The number of nitrogens with zero attached hydrogens (tertiary/aromatic N) is 2. The van der Waals surface area contributed by atoms with E-state index in [0.717, 1.165) is 28.3 Å². The lowest BCUT2D eigenvalue weighted by Gasteiger charge is -2.30. The zero-order valence-electron chi connectivity index (χ0n) is 36.3. The summed E-state index contributed by atoms with van der Waals surface area (Å²) in [4.78, 5) is 2.47. The van der Waals surface area contributed by atoms with Gasteiger partial charge in [-0.15, -0.1) is 0 Å². The van der Waals surface area contributed by atoms with Crippen molar-refractivity contribution in [3.8, 4) is 61.3 Å². The van der Waals surface area contributed by atoms with Gasteiger partial charge < -0.3 is 9.47 Å². The van der Waals surface area contributed by atoms with Crippen LogP contribution in [-0.2, 0) is 0 Å². The Hall–Kier alpha value is -8.72. The van der Waals surface area contributed by atoms with E-state index in [4.69, 9.17) is 0 Å². The van der Waals surface area contributed by atoms with Crippen LogP contribution in [0.3, 0.4) is 0 Å². The zero-order chi connectivity index (χ0) is 43.8. The second-order valence-electron chi connectivity index (χ2n) is 16.9. The predicted octanol–water partition coefficient (Wildman–Crippen LogP) is 17.7. The molecular weight excluding hydrogens is 797 g/mol. The third kappa shape index (κ3) is 7.02. The normalized spacial score (nSPS) is 11.3. The lowest BCUT2D eigenvalue weighted by Crippen LogP contribution is -2.12. The molecule has 0 N–H and O–H groups in total. The largest absolute Gasteiger partial charge is 0.310 e. The Morgan fingerprint density at radius 2 is 0.742 bits per heavy atom. The first-order valence-corrected chi connectivity index (χ1v) is 22.7. The minimum Gasteiger partial charge on any atom is -0.310 e. The Balaban J connectivity index is 1.06. The Labute approximate surface area is 385 Å². The SMILES string of the molecule is c1ccc(-c2ccc(-c3ccc(-n4c5ccccc5c5ccc(N(c6ccc(-c7ccccc7)c(-c7ccccc7)c6)c6ccc7ccccc7c6-c6ccccc6)cc54)cc3)cc2)cc1. The van der Waals surface area contributed by atoms with Gasteiger partial charge >= 0.3 is 0 Å². The summed E-state index contributed by atoms with van der Waals surface area (Å²) in [6, 6.07) is 97.0. The van der Waals surface area contributed by atoms with Crippen LogP contribution < -0.4 is 4.90 Å². The zero-order valence-corrected chi connectivity index (χ0v) is 36.3. The van der Waals surface area contributed by atoms with Crippen LogP contribution in [0.2, 0.25) is 0 Å². The van der Waals surface area contributed by atoms with E-state index < -0.39 is 0 Å². The second kappa shape index (κ2) is 16.8. The summed E-state index contributed by atoms with van der Waals surface area (Å²) in [7, 11) is 0. The molecule has 0 aliphatic heterocycles. The molecule has 0 atom stereocenters. The fourth-order valence-electron chi connectivity index (χ4n) is 9.84. The highest BCUT2D eigenvalue weighted by Crippen LogP contribution is 2.47. The van der Waals surface area contributed by atoms with Crippen LogP contribution in [0.1, 0.15) is 0 Å². The lowest BCUT2D eigenvalue weighted by molar-refractivity contribution is 1.18. The van der Waals surface area contributed by atoms with Crippen molar-refractivity contribution in [1.29, 1.82) is 0 Å². The molecule has 0 saturated carbocycles. The fourth-order valence-corrected chi connectivity index (χ4v) is 9.84. The molecule has 66 heavy (non-hydrogen) atoms. The lowest BCUT2D eigenvalue weighted by atomic mass is 9.92. The van der Waals surface area contributed by atoms with E-state index in [1.54, 1.807) is 0 Å². The molecule has 0 spiro atoms. The summed E-state index contributed by atoms with van der Waals surface area (Å²) >= 11 is 0. The number of rotatable bonds is 9. The van der Waals surface area contributed by atoms with Gasteiger partial charge in [0.1, 0.15) is 0 Å². The molecule has 12 rings (SSSR count). The highest BCUT2D eigenvalue weighted by Gasteiger charge is 2.23. The first-order valence-electron chi connectivity index (χ1n) is 22.7. The van der Waals surface area contributed by atoms with Gasteiger partial charge in [-0.2, -0.15) is 0 Å². The van der Waals surface area contributed by atoms with Crippen LogP contribution in [0.15, 0.2) is 267 Å². The van der Waals surface area contributed by atoms with Crippen molar-refractivity contribution in [3.63, 3.8) is 0 Å². The third-order valence-electron chi connectivity index (χ3n) is 13.0. The molecule has 0 radical (unpaired) electrons. The number of aromatic nitrogens is 1. The van der Waals surface area contributed by atoms with Gasteiger partial charge in [0.05, 0.1) is 16.7 Å². The van der Waals surface area contributed by atoms with E-state index in [-0.39, 0.29) is 0 Å². The van der Waals surface area contributed by atoms with Crippen LogP contribution in [0.5, 0.6) is 0 Å². The topological polar surface area (TPSA) is 8.17 Å². The van der Waals surface area contributed by atoms with Gasteiger partial charge in [0.15, 0.2) is 0 Å². The van der Waals surface area contributed by atoms with Gasteiger partial charge in [0, 0.05) is 33.4 Å². The van der Waals surface area contributed by atoms with E-state index in [1.807, 2.05) is 0 Å². The maximum atomic E-state index is 2.47. The van der Waals surface area contributed by atoms with Gasteiger partial charge in [-0.25, -0.2) is 0 Å². The van der Waals surface area contributed by atoms with Gasteiger partial charge in [-0.1, -0.05) is 218 Å². The van der Waals surface area contributed by atoms with Gasteiger partial charge in [0.25, 0.3) is 0 Å². The van der Waals surface area contributed by atoms with Gasteiger partial charge in [0.2, 0.25) is 0 Å². The first kappa shape index (κ1) is 38.9. The van der Waals surface area contributed by atoms with Crippen molar-refractivity contribution < 1.29 is 0 Å². The molecule has 1 heterocycles. The highest BCUT2D eigenvalue weighted by atomic mass is 15.1. The number of hydrogen-bond donors (Lipinski definition) is 0. The molecule has 0 aliphatic carbocycles.